The third kappa shape index (κ3) is 4.65. The number of halogens is 1. The number of carbonyl (C=O) groups excluding carboxylic acids is 1. The van der Waals surface area contributed by atoms with Crippen molar-refractivity contribution in [3.8, 4) is 17.0 Å². The average Bonchev–Trinajstić information content (AvgIpc) is 3.23. The monoisotopic (exact) mass is 452 g/mol. The summed E-state index contributed by atoms with van der Waals surface area (Å²) >= 11 is 6.02. The fourth-order valence-electron chi connectivity index (χ4n) is 3.13. The van der Waals surface area contributed by atoms with E-state index in [2.05, 4.69) is 20.4 Å². The standard InChI is InChI=1S/C23H21ClN4O4/c1-3-30-17-11-5-14(6-12-17)13-25-20-18-19(15-7-9-16(24)10-8-15)28-32-22(18)27-21(26-20)23(29)31-4-2/h5-12H,3-4,13H2,1-2H3,(H,25,26,27). The molecule has 164 valence electrons. The minimum atomic E-state index is -0.636. The number of hydrogen-bond acceptors (Lipinski definition) is 8. The summed E-state index contributed by atoms with van der Waals surface area (Å²) in [6, 6.07) is 14.9. The van der Waals surface area contributed by atoms with E-state index in [1.165, 1.54) is 0 Å². The zero-order valence-electron chi connectivity index (χ0n) is 17.6. The summed E-state index contributed by atoms with van der Waals surface area (Å²) in [6.07, 6.45) is 0. The SMILES string of the molecule is CCOC(=O)c1nc(NCc2ccc(OCC)cc2)c2c(-c3ccc(Cl)cc3)noc2n1. The van der Waals surface area contributed by atoms with Gasteiger partial charge in [0.25, 0.3) is 5.71 Å². The van der Waals surface area contributed by atoms with E-state index >= 15 is 0 Å². The van der Waals surface area contributed by atoms with Gasteiger partial charge in [0.05, 0.1) is 13.2 Å². The Balaban J connectivity index is 1.72. The van der Waals surface area contributed by atoms with E-state index in [4.69, 9.17) is 25.6 Å². The number of rotatable bonds is 8. The maximum atomic E-state index is 12.3. The highest BCUT2D eigenvalue weighted by Crippen LogP contribution is 2.32. The van der Waals surface area contributed by atoms with Crippen LogP contribution in [0, 0.1) is 0 Å². The molecule has 0 aliphatic carbocycles. The van der Waals surface area contributed by atoms with Crippen LogP contribution in [-0.2, 0) is 11.3 Å². The van der Waals surface area contributed by atoms with E-state index in [0.29, 0.717) is 35.1 Å². The summed E-state index contributed by atoms with van der Waals surface area (Å²) in [5, 5.41) is 8.60. The Kier molecular flexibility index (Phi) is 6.51. The summed E-state index contributed by atoms with van der Waals surface area (Å²) in [6.45, 7) is 4.92. The van der Waals surface area contributed by atoms with Crippen molar-refractivity contribution in [3.63, 3.8) is 0 Å². The third-order valence-corrected chi connectivity index (χ3v) is 4.86. The lowest BCUT2D eigenvalue weighted by molar-refractivity contribution is 0.0512. The Bertz CT molecular complexity index is 1220. The highest BCUT2D eigenvalue weighted by Gasteiger charge is 2.22. The fraction of sp³-hybridized carbons (Fsp3) is 0.217. The van der Waals surface area contributed by atoms with Crippen molar-refractivity contribution in [2.24, 2.45) is 0 Å². The lowest BCUT2D eigenvalue weighted by atomic mass is 10.1. The lowest BCUT2D eigenvalue weighted by Gasteiger charge is -2.10. The van der Waals surface area contributed by atoms with Gasteiger partial charge in [-0.3, -0.25) is 0 Å². The van der Waals surface area contributed by atoms with Crippen molar-refractivity contribution in [2.75, 3.05) is 18.5 Å². The Labute approximate surface area is 189 Å². The zero-order valence-corrected chi connectivity index (χ0v) is 18.3. The van der Waals surface area contributed by atoms with Crippen LogP contribution in [0.1, 0.15) is 30.0 Å². The molecule has 0 unspecified atom stereocenters. The van der Waals surface area contributed by atoms with Crippen LogP contribution in [0.4, 0.5) is 5.82 Å². The quantitative estimate of drug-likeness (QED) is 0.367. The molecule has 2 aromatic heterocycles. The summed E-state index contributed by atoms with van der Waals surface area (Å²) in [7, 11) is 0. The Morgan fingerprint density at radius 1 is 1.03 bits per heavy atom. The number of hydrogen-bond donors (Lipinski definition) is 1. The molecule has 0 saturated carbocycles. The molecule has 0 radical (unpaired) electrons. The van der Waals surface area contributed by atoms with Crippen LogP contribution in [0.3, 0.4) is 0 Å². The normalized spacial score (nSPS) is 10.8. The van der Waals surface area contributed by atoms with Crippen LogP contribution >= 0.6 is 11.6 Å². The second-order valence-corrected chi connectivity index (χ2v) is 7.20. The van der Waals surface area contributed by atoms with E-state index in [9.17, 15) is 4.79 Å². The van der Waals surface area contributed by atoms with Crippen LogP contribution in [0.2, 0.25) is 5.02 Å². The predicted molar refractivity (Wildman–Crippen MR) is 121 cm³/mol. The summed E-state index contributed by atoms with van der Waals surface area (Å²) < 4.78 is 16.0. The number of carbonyl (C=O) groups is 1. The van der Waals surface area contributed by atoms with Gasteiger partial charge in [-0.2, -0.15) is 4.98 Å². The molecule has 0 saturated heterocycles. The van der Waals surface area contributed by atoms with Gasteiger partial charge < -0.3 is 19.3 Å². The Morgan fingerprint density at radius 3 is 2.47 bits per heavy atom. The Morgan fingerprint density at radius 2 is 1.78 bits per heavy atom. The molecule has 0 amide bonds. The highest BCUT2D eigenvalue weighted by molar-refractivity contribution is 6.30. The summed E-state index contributed by atoms with van der Waals surface area (Å²) in [4.78, 5) is 20.9. The average molecular weight is 453 g/mol. The van der Waals surface area contributed by atoms with Gasteiger partial charge in [-0.15, -0.1) is 0 Å². The second-order valence-electron chi connectivity index (χ2n) is 6.77. The minimum Gasteiger partial charge on any atom is -0.494 e. The first-order valence-electron chi connectivity index (χ1n) is 10.1. The van der Waals surface area contributed by atoms with Gasteiger partial charge in [-0.25, -0.2) is 9.78 Å². The molecular weight excluding hydrogens is 432 g/mol. The molecule has 0 bridgehead atoms. The number of ether oxygens (including phenoxy) is 2. The first-order valence-corrected chi connectivity index (χ1v) is 10.5. The molecule has 2 aromatic carbocycles. The van der Waals surface area contributed by atoms with Crippen LogP contribution in [0.5, 0.6) is 5.75 Å². The molecule has 0 aliphatic rings. The maximum absolute atomic E-state index is 12.3. The number of esters is 1. The molecule has 2 heterocycles. The van der Waals surface area contributed by atoms with Crippen molar-refractivity contribution < 1.29 is 18.8 Å². The van der Waals surface area contributed by atoms with E-state index in [0.717, 1.165) is 16.9 Å². The van der Waals surface area contributed by atoms with Crippen molar-refractivity contribution in [2.45, 2.75) is 20.4 Å². The van der Waals surface area contributed by atoms with Gasteiger partial charge in [0.15, 0.2) is 0 Å². The van der Waals surface area contributed by atoms with Crippen LogP contribution < -0.4 is 10.1 Å². The largest absolute Gasteiger partial charge is 0.494 e. The Hall–Kier alpha value is -3.65. The van der Waals surface area contributed by atoms with Gasteiger partial charge in [0.1, 0.15) is 22.6 Å². The summed E-state index contributed by atoms with van der Waals surface area (Å²) in [5.74, 6) is 0.475. The molecule has 0 aliphatic heterocycles. The van der Waals surface area contributed by atoms with Gasteiger partial charge in [0.2, 0.25) is 5.82 Å². The van der Waals surface area contributed by atoms with E-state index in [1.54, 1.807) is 19.1 Å². The summed E-state index contributed by atoms with van der Waals surface area (Å²) in [5.41, 5.74) is 2.51. The molecule has 1 N–H and O–H groups in total. The number of nitrogens with one attached hydrogen (secondary N) is 1. The molecule has 0 fully saturated rings. The van der Waals surface area contributed by atoms with Crippen LogP contribution in [0.15, 0.2) is 53.1 Å². The molecule has 0 atom stereocenters. The number of fused-ring (bicyclic) bond motifs is 1. The van der Waals surface area contributed by atoms with E-state index < -0.39 is 5.97 Å². The van der Waals surface area contributed by atoms with Gasteiger partial charge in [-0.1, -0.05) is 41.0 Å². The number of nitrogens with zero attached hydrogens (tertiary/aromatic N) is 3. The van der Waals surface area contributed by atoms with Gasteiger partial charge in [0, 0.05) is 17.1 Å². The van der Waals surface area contributed by atoms with Crippen molar-refractivity contribution in [1.29, 1.82) is 0 Å². The molecule has 32 heavy (non-hydrogen) atoms. The van der Waals surface area contributed by atoms with Crippen LogP contribution in [-0.4, -0.2) is 34.3 Å². The lowest BCUT2D eigenvalue weighted by Crippen LogP contribution is -2.12. The predicted octanol–water partition coefficient (Wildman–Crippen LogP) is 5.13. The van der Waals surface area contributed by atoms with Gasteiger partial charge >= 0.3 is 5.97 Å². The van der Waals surface area contributed by atoms with E-state index in [1.807, 2.05) is 43.3 Å². The topological polar surface area (TPSA) is 99.4 Å². The maximum Gasteiger partial charge on any atom is 0.376 e. The molecular formula is C23H21ClN4O4. The molecule has 4 rings (SSSR count). The molecule has 0 spiro atoms. The van der Waals surface area contributed by atoms with Crippen LogP contribution in [0.25, 0.3) is 22.4 Å². The smallest absolute Gasteiger partial charge is 0.376 e. The molecule has 8 nitrogen and oxygen atoms in total. The minimum absolute atomic E-state index is 0.104. The van der Waals surface area contributed by atoms with Crippen molar-refractivity contribution in [3.05, 3.63) is 64.9 Å². The highest BCUT2D eigenvalue weighted by atomic mass is 35.5. The van der Waals surface area contributed by atoms with Gasteiger partial charge in [-0.05, 0) is 43.7 Å². The van der Waals surface area contributed by atoms with E-state index in [-0.39, 0.29) is 18.1 Å². The zero-order chi connectivity index (χ0) is 22.5. The fourth-order valence-corrected chi connectivity index (χ4v) is 3.26. The van der Waals surface area contributed by atoms with Crippen molar-refractivity contribution >= 4 is 34.5 Å². The number of anilines is 1. The molecule has 4 aromatic rings. The first-order chi connectivity index (χ1) is 15.6. The number of aromatic nitrogens is 3. The van der Waals surface area contributed by atoms with Crippen molar-refractivity contribution in [1.82, 2.24) is 15.1 Å². The second kappa shape index (κ2) is 9.65. The first kappa shape index (κ1) is 21.6. The number of benzene rings is 2. The molecule has 9 heteroatoms. The third-order valence-electron chi connectivity index (χ3n) is 4.61.